The zero-order valence-corrected chi connectivity index (χ0v) is 38.5. The number of ether oxygens (including phenoxy) is 2. The smallest absolute Gasteiger partial charge is 0.348 e. The fourth-order valence-corrected chi connectivity index (χ4v) is 16.6. The van der Waals surface area contributed by atoms with Gasteiger partial charge in [0.25, 0.3) is 0 Å². The number of nitrogens with zero attached hydrogens (tertiary/aromatic N) is 3. The monoisotopic (exact) mass is 816 g/mol. The fourth-order valence-electron chi connectivity index (χ4n) is 16.6. The molecule has 0 spiro atoms. The summed E-state index contributed by atoms with van der Waals surface area (Å²) in [7, 11) is 0. The van der Waals surface area contributed by atoms with Crippen LogP contribution in [-0.2, 0) is 30.1 Å². The Morgan fingerprint density at radius 3 is 1.95 bits per heavy atom. The minimum Gasteiger partial charge on any atom is -0.465 e. The minimum absolute atomic E-state index is 0.0176. The van der Waals surface area contributed by atoms with E-state index in [0.717, 1.165) is 109 Å². The first kappa shape index (κ1) is 41.8. The van der Waals surface area contributed by atoms with Crippen LogP contribution in [0.2, 0.25) is 0 Å². The standard InChI is InChI=1S/C50H77N3O6/c1-31(2)50-28-27-49(30-58-40(54)32-17-13-11-14-18-32)26-25-48(10)38(39(49)50)34(52-42(56)51(44(3,4)5)43(57)53(50)52)29-36-46(8)23-22-37(59-41(55)33-19-15-12-16-20-33)45(6,7)35(46)21-24-47(36,48)9/h31-37H,11-30H2,1-10H3/t34-,35-,36+,37-,46-,47+,48+,49-,50-/m0/s1. The lowest BCUT2D eigenvalue weighted by Crippen LogP contribution is -2.67. The molecule has 0 unspecified atom stereocenters. The third-order valence-corrected chi connectivity index (χ3v) is 19.9. The maximum Gasteiger partial charge on any atom is 0.348 e. The van der Waals surface area contributed by atoms with E-state index in [2.05, 4.69) is 48.5 Å². The van der Waals surface area contributed by atoms with Crippen LogP contribution in [0.3, 0.4) is 0 Å². The number of carbonyl (C=O) groups excluding carboxylic acids is 2. The second-order valence-electron chi connectivity index (χ2n) is 24.1. The van der Waals surface area contributed by atoms with Crippen molar-refractivity contribution < 1.29 is 19.1 Å². The van der Waals surface area contributed by atoms with Crippen molar-refractivity contribution in [2.45, 2.75) is 214 Å². The van der Waals surface area contributed by atoms with Crippen LogP contribution in [0, 0.1) is 56.7 Å². The molecule has 0 radical (unpaired) electrons. The highest BCUT2D eigenvalue weighted by molar-refractivity contribution is 5.73. The Morgan fingerprint density at radius 2 is 1.34 bits per heavy atom. The molecule has 9 nitrogen and oxygen atoms in total. The van der Waals surface area contributed by atoms with Crippen molar-refractivity contribution >= 4 is 11.9 Å². The van der Waals surface area contributed by atoms with Gasteiger partial charge in [0.15, 0.2) is 0 Å². The SMILES string of the molecule is CC(C)[C@@]12CC[C@]3(COC(=O)C4CCCCC4)CC[C@]4(C)C(=C31)[C@H](C[C@@H]1[C@@]3(C)CC[C@H](OC(=O)C5CCCCC5)C(C)(C)[C@@H]3CC[C@]14C)n1c(=O)n(C(C)(C)C)c(=O)n12. The molecule has 0 saturated heterocycles. The Morgan fingerprint density at radius 1 is 0.729 bits per heavy atom. The molecule has 6 fully saturated rings. The summed E-state index contributed by atoms with van der Waals surface area (Å²) in [6, 6.07) is -0.254. The van der Waals surface area contributed by atoms with Gasteiger partial charge in [0, 0.05) is 16.4 Å². The summed E-state index contributed by atoms with van der Waals surface area (Å²) < 4.78 is 18.6. The van der Waals surface area contributed by atoms with Crippen LogP contribution in [0.1, 0.15) is 197 Å². The van der Waals surface area contributed by atoms with Crippen LogP contribution in [0.5, 0.6) is 0 Å². The van der Waals surface area contributed by atoms with Crippen LogP contribution < -0.4 is 11.4 Å². The van der Waals surface area contributed by atoms with Gasteiger partial charge in [-0.05, 0) is 149 Å². The summed E-state index contributed by atoms with van der Waals surface area (Å²) in [6.07, 6.45) is 18.8. The Balaban J connectivity index is 1.17. The van der Waals surface area contributed by atoms with E-state index in [-0.39, 0.29) is 80.3 Å². The quantitative estimate of drug-likeness (QED) is 0.209. The van der Waals surface area contributed by atoms with E-state index in [9.17, 15) is 9.59 Å². The molecule has 6 saturated carbocycles. The molecule has 1 aromatic heterocycles. The first-order valence-corrected chi connectivity index (χ1v) is 24.3. The van der Waals surface area contributed by atoms with Gasteiger partial charge in [-0.1, -0.05) is 87.0 Å². The van der Waals surface area contributed by atoms with Crippen molar-refractivity contribution in [2.75, 3.05) is 6.61 Å². The molecule has 0 aromatic carbocycles. The van der Waals surface area contributed by atoms with Gasteiger partial charge in [0.2, 0.25) is 0 Å². The van der Waals surface area contributed by atoms with E-state index in [1.165, 1.54) is 24.0 Å². The third-order valence-electron chi connectivity index (χ3n) is 19.9. The molecular weight excluding hydrogens is 739 g/mol. The summed E-state index contributed by atoms with van der Waals surface area (Å²) in [5.74, 6) is 0.707. The lowest BCUT2D eigenvalue weighted by atomic mass is 9.33. The summed E-state index contributed by atoms with van der Waals surface area (Å²) in [6.45, 7) is 23.3. The Hall–Kier alpha value is -2.58. The van der Waals surface area contributed by atoms with Crippen molar-refractivity contribution in [3.63, 3.8) is 0 Å². The van der Waals surface area contributed by atoms with E-state index in [1.54, 1.807) is 4.57 Å². The third kappa shape index (κ3) is 5.58. The highest BCUT2D eigenvalue weighted by Gasteiger charge is 2.74. The predicted molar refractivity (Wildman–Crippen MR) is 230 cm³/mol. The Labute approximate surface area is 353 Å². The summed E-state index contributed by atoms with van der Waals surface area (Å²) >= 11 is 0. The highest BCUT2D eigenvalue weighted by Crippen LogP contribution is 2.79. The number of hydrogen-bond donors (Lipinski definition) is 0. The first-order valence-electron chi connectivity index (χ1n) is 24.3. The molecule has 8 aliphatic rings. The van der Waals surface area contributed by atoms with E-state index >= 15 is 9.59 Å². The number of allylic oxidation sites excluding steroid dienone is 1. The molecule has 9 rings (SSSR count). The molecular formula is C50H77N3O6. The van der Waals surface area contributed by atoms with Gasteiger partial charge >= 0.3 is 23.3 Å². The number of esters is 2. The number of aromatic nitrogens is 3. The zero-order chi connectivity index (χ0) is 42.3. The van der Waals surface area contributed by atoms with Crippen LogP contribution >= 0.6 is 0 Å². The lowest BCUT2D eigenvalue weighted by Gasteiger charge is -2.72. The van der Waals surface area contributed by atoms with Gasteiger partial charge < -0.3 is 9.47 Å². The second kappa shape index (κ2) is 13.7. The highest BCUT2D eigenvalue weighted by atomic mass is 16.5. The van der Waals surface area contributed by atoms with Gasteiger partial charge in [-0.15, -0.1) is 0 Å². The lowest BCUT2D eigenvalue weighted by molar-refractivity contribution is -0.221. The molecule has 9 heteroatoms. The van der Waals surface area contributed by atoms with Crippen molar-refractivity contribution in [3.05, 3.63) is 32.1 Å². The van der Waals surface area contributed by atoms with Gasteiger partial charge in [-0.25, -0.2) is 23.5 Å². The topological polar surface area (TPSA) is 102 Å². The van der Waals surface area contributed by atoms with Crippen molar-refractivity contribution in [2.24, 2.45) is 56.7 Å². The van der Waals surface area contributed by atoms with Crippen molar-refractivity contribution in [1.82, 2.24) is 13.9 Å². The van der Waals surface area contributed by atoms with Crippen LogP contribution in [0.4, 0.5) is 0 Å². The molecule has 0 bridgehead atoms. The summed E-state index contributed by atoms with van der Waals surface area (Å²) in [5, 5.41) is 0. The fraction of sp³-hybridized carbons (Fsp3) is 0.880. The maximum atomic E-state index is 15.2. The molecule has 2 heterocycles. The molecule has 0 amide bonds. The molecule has 9 atom stereocenters. The normalized spacial score (nSPS) is 40.5. The van der Waals surface area contributed by atoms with Gasteiger partial charge in [0.05, 0.1) is 23.4 Å². The van der Waals surface area contributed by atoms with Gasteiger partial charge in [-0.3, -0.25) is 9.59 Å². The van der Waals surface area contributed by atoms with E-state index in [1.807, 2.05) is 30.1 Å². The van der Waals surface area contributed by atoms with Crippen LogP contribution in [0.25, 0.3) is 0 Å². The van der Waals surface area contributed by atoms with E-state index < -0.39 is 11.1 Å². The average Bonchev–Trinajstić information content (AvgIpc) is 3.68. The van der Waals surface area contributed by atoms with Crippen LogP contribution in [0.15, 0.2) is 20.7 Å². The molecule has 7 aliphatic carbocycles. The van der Waals surface area contributed by atoms with Crippen LogP contribution in [-0.4, -0.2) is 38.6 Å². The average molecular weight is 816 g/mol. The van der Waals surface area contributed by atoms with Crippen molar-refractivity contribution in [1.29, 1.82) is 0 Å². The van der Waals surface area contributed by atoms with E-state index in [0.29, 0.717) is 18.4 Å². The number of carbonyl (C=O) groups is 2. The number of rotatable bonds is 6. The van der Waals surface area contributed by atoms with E-state index in [4.69, 9.17) is 9.47 Å². The molecule has 1 aliphatic heterocycles. The minimum atomic E-state index is -0.693. The molecule has 0 N–H and O–H groups in total. The number of fused-ring (bicyclic) bond motifs is 7. The van der Waals surface area contributed by atoms with Gasteiger partial charge in [0.1, 0.15) is 12.7 Å². The summed E-state index contributed by atoms with van der Waals surface area (Å²) in [5.41, 5.74) is 0.141. The molecule has 1 aromatic rings. The molecule has 59 heavy (non-hydrogen) atoms. The maximum absolute atomic E-state index is 15.2. The Bertz CT molecular complexity index is 2030. The van der Waals surface area contributed by atoms with Gasteiger partial charge in [-0.2, -0.15) is 0 Å². The summed E-state index contributed by atoms with van der Waals surface area (Å²) in [4.78, 5) is 57.9. The first-order chi connectivity index (χ1) is 27.7. The number of hydrogen-bond acceptors (Lipinski definition) is 6. The van der Waals surface area contributed by atoms with Crippen molar-refractivity contribution in [3.8, 4) is 0 Å². The second-order valence-corrected chi connectivity index (χ2v) is 24.1. The molecule has 328 valence electrons. The Kier molecular flexibility index (Phi) is 9.70. The largest absolute Gasteiger partial charge is 0.465 e. The predicted octanol–water partition coefficient (Wildman–Crippen LogP) is 10.2. The zero-order valence-electron chi connectivity index (χ0n) is 38.5.